The van der Waals surface area contributed by atoms with Crippen LogP contribution in [0.5, 0.6) is 0 Å². The molecule has 0 spiro atoms. The Balaban J connectivity index is 4.34. The standard InChI is InChI=1S/C11H25ClO3Si/c1-5-11(12)9-10-16(13-6-2,14-7-3)15-8-4/h11H,5-10H2,1-4H3. The van der Waals surface area contributed by atoms with Crippen LogP contribution in [-0.4, -0.2) is 34.0 Å². The monoisotopic (exact) mass is 268 g/mol. The van der Waals surface area contributed by atoms with Gasteiger partial charge in [-0.2, -0.15) is 0 Å². The van der Waals surface area contributed by atoms with Crippen molar-refractivity contribution in [3.8, 4) is 0 Å². The van der Waals surface area contributed by atoms with E-state index in [0.29, 0.717) is 19.8 Å². The second kappa shape index (κ2) is 9.42. The van der Waals surface area contributed by atoms with Crippen LogP contribution in [0, 0.1) is 0 Å². The third-order valence-corrected chi connectivity index (χ3v) is 5.91. The quantitative estimate of drug-likeness (QED) is 0.449. The number of alkyl halides is 1. The minimum Gasteiger partial charge on any atom is -0.374 e. The normalized spacial score (nSPS) is 14.1. The predicted octanol–water partition coefficient (Wildman–Crippen LogP) is 3.44. The van der Waals surface area contributed by atoms with E-state index in [1.807, 2.05) is 20.8 Å². The van der Waals surface area contributed by atoms with Crippen molar-refractivity contribution in [3.63, 3.8) is 0 Å². The van der Waals surface area contributed by atoms with Crippen LogP contribution in [0.1, 0.15) is 40.5 Å². The van der Waals surface area contributed by atoms with Crippen molar-refractivity contribution in [1.82, 2.24) is 0 Å². The number of rotatable bonds is 10. The van der Waals surface area contributed by atoms with Crippen LogP contribution in [0.25, 0.3) is 0 Å². The Morgan fingerprint density at radius 2 is 1.38 bits per heavy atom. The van der Waals surface area contributed by atoms with E-state index in [-0.39, 0.29) is 5.38 Å². The van der Waals surface area contributed by atoms with E-state index >= 15 is 0 Å². The maximum atomic E-state index is 6.13. The van der Waals surface area contributed by atoms with Gasteiger partial charge in [-0.25, -0.2) is 0 Å². The molecule has 1 atom stereocenters. The highest BCUT2D eigenvalue weighted by Crippen LogP contribution is 2.22. The summed E-state index contributed by atoms with van der Waals surface area (Å²) in [5.41, 5.74) is 0. The van der Waals surface area contributed by atoms with E-state index in [4.69, 9.17) is 24.9 Å². The van der Waals surface area contributed by atoms with Crippen molar-refractivity contribution >= 4 is 20.4 Å². The zero-order valence-corrected chi connectivity index (χ0v) is 12.7. The first-order chi connectivity index (χ1) is 7.64. The molecule has 0 aromatic rings. The lowest BCUT2D eigenvalue weighted by atomic mass is 10.3. The maximum Gasteiger partial charge on any atom is 0.500 e. The van der Waals surface area contributed by atoms with E-state index in [1.54, 1.807) is 0 Å². The van der Waals surface area contributed by atoms with Gasteiger partial charge < -0.3 is 13.3 Å². The molecule has 0 saturated heterocycles. The Hall–Kier alpha value is 0.387. The molecule has 0 bridgehead atoms. The molecule has 0 radical (unpaired) electrons. The summed E-state index contributed by atoms with van der Waals surface area (Å²) in [6.07, 6.45) is 1.86. The summed E-state index contributed by atoms with van der Waals surface area (Å²) < 4.78 is 17.2. The smallest absolute Gasteiger partial charge is 0.374 e. The number of hydrogen-bond donors (Lipinski definition) is 0. The third-order valence-electron chi connectivity index (χ3n) is 2.30. The summed E-state index contributed by atoms with van der Waals surface area (Å²) in [5.74, 6) is 0. The van der Waals surface area contributed by atoms with E-state index in [0.717, 1.165) is 18.9 Å². The summed E-state index contributed by atoms with van der Waals surface area (Å²) >= 11 is 6.13. The Labute approximate surface area is 106 Å². The van der Waals surface area contributed by atoms with Crippen molar-refractivity contribution in [1.29, 1.82) is 0 Å². The van der Waals surface area contributed by atoms with E-state index < -0.39 is 8.80 Å². The van der Waals surface area contributed by atoms with Crippen molar-refractivity contribution < 1.29 is 13.3 Å². The lowest BCUT2D eigenvalue weighted by Gasteiger charge is -2.29. The van der Waals surface area contributed by atoms with E-state index in [9.17, 15) is 0 Å². The van der Waals surface area contributed by atoms with Crippen LogP contribution in [0.3, 0.4) is 0 Å². The number of halogens is 1. The van der Waals surface area contributed by atoms with Crippen molar-refractivity contribution in [2.75, 3.05) is 19.8 Å². The first-order valence-corrected chi connectivity index (χ1v) is 8.56. The van der Waals surface area contributed by atoms with Gasteiger partial charge in [0.15, 0.2) is 0 Å². The van der Waals surface area contributed by atoms with Crippen LogP contribution in [0.4, 0.5) is 0 Å². The lowest BCUT2D eigenvalue weighted by molar-refractivity contribution is 0.0707. The lowest BCUT2D eigenvalue weighted by Crippen LogP contribution is -2.46. The molecule has 0 N–H and O–H groups in total. The van der Waals surface area contributed by atoms with Crippen LogP contribution in [0.15, 0.2) is 0 Å². The van der Waals surface area contributed by atoms with Gasteiger partial charge in [-0.3, -0.25) is 0 Å². The highest BCUT2D eigenvalue weighted by atomic mass is 35.5. The fourth-order valence-corrected chi connectivity index (χ4v) is 4.54. The average Bonchev–Trinajstić information content (AvgIpc) is 2.27. The van der Waals surface area contributed by atoms with Crippen LogP contribution in [0.2, 0.25) is 6.04 Å². The molecule has 0 saturated carbocycles. The molecule has 0 heterocycles. The Kier molecular flexibility index (Phi) is 9.65. The van der Waals surface area contributed by atoms with Gasteiger partial charge in [-0.05, 0) is 33.6 Å². The number of hydrogen-bond acceptors (Lipinski definition) is 3. The summed E-state index contributed by atoms with van der Waals surface area (Å²) in [5, 5.41) is 0.188. The summed E-state index contributed by atoms with van der Waals surface area (Å²) in [6, 6.07) is 0.810. The van der Waals surface area contributed by atoms with Crippen molar-refractivity contribution in [2.45, 2.75) is 52.0 Å². The van der Waals surface area contributed by atoms with Gasteiger partial charge >= 0.3 is 8.80 Å². The minimum atomic E-state index is -2.46. The SMILES string of the molecule is CCO[Si](CCC(Cl)CC)(OCC)OCC. The van der Waals surface area contributed by atoms with Gasteiger partial charge in [0.2, 0.25) is 0 Å². The van der Waals surface area contributed by atoms with Gasteiger partial charge in [0.1, 0.15) is 0 Å². The maximum absolute atomic E-state index is 6.13. The zero-order chi connectivity index (χ0) is 12.4. The van der Waals surface area contributed by atoms with Gasteiger partial charge in [0.05, 0.1) is 0 Å². The Bertz CT molecular complexity index is 152. The molecule has 0 aliphatic heterocycles. The zero-order valence-electron chi connectivity index (χ0n) is 10.9. The van der Waals surface area contributed by atoms with E-state index in [2.05, 4.69) is 6.92 Å². The van der Waals surface area contributed by atoms with Gasteiger partial charge in [-0.15, -0.1) is 11.6 Å². The van der Waals surface area contributed by atoms with Crippen LogP contribution >= 0.6 is 11.6 Å². The molecule has 98 valence electrons. The van der Waals surface area contributed by atoms with E-state index in [1.165, 1.54) is 0 Å². The largest absolute Gasteiger partial charge is 0.500 e. The fourth-order valence-electron chi connectivity index (χ4n) is 1.54. The first-order valence-electron chi connectivity index (χ1n) is 6.20. The minimum absolute atomic E-state index is 0.188. The third kappa shape index (κ3) is 6.20. The summed E-state index contributed by atoms with van der Waals surface area (Å²) in [4.78, 5) is 0. The average molecular weight is 269 g/mol. The highest BCUT2D eigenvalue weighted by molar-refractivity contribution is 6.60. The van der Waals surface area contributed by atoms with Crippen LogP contribution < -0.4 is 0 Å². The molecule has 0 aromatic carbocycles. The van der Waals surface area contributed by atoms with Crippen LogP contribution in [-0.2, 0) is 13.3 Å². The molecular weight excluding hydrogens is 244 g/mol. The molecule has 0 amide bonds. The van der Waals surface area contributed by atoms with Gasteiger partial charge in [-0.1, -0.05) is 6.92 Å². The molecule has 3 nitrogen and oxygen atoms in total. The summed E-state index contributed by atoms with van der Waals surface area (Å²) in [7, 11) is -2.46. The molecule has 0 fully saturated rings. The highest BCUT2D eigenvalue weighted by Gasteiger charge is 2.40. The molecule has 0 aliphatic carbocycles. The first kappa shape index (κ1) is 16.4. The summed E-state index contributed by atoms with van der Waals surface area (Å²) in [6.45, 7) is 9.89. The Morgan fingerprint density at radius 1 is 0.938 bits per heavy atom. The Morgan fingerprint density at radius 3 is 1.69 bits per heavy atom. The molecular formula is C11H25ClO3Si. The second-order valence-corrected chi connectivity index (χ2v) is 6.88. The topological polar surface area (TPSA) is 27.7 Å². The van der Waals surface area contributed by atoms with Gasteiger partial charge in [0, 0.05) is 31.2 Å². The van der Waals surface area contributed by atoms with Gasteiger partial charge in [0.25, 0.3) is 0 Å². The molecule has 0 aromatic heterocycles. The molecule has 0 aliphatic rings. The fraction of sp³-hybridized carbons (Fsp3) is 1.00. The molecule has 16 heavy (non-hydrogen) atoms. The molecule has 0 rings (SSSR count). The van der Waals surface area contributed by atoms with Crippen molar-refractivity contribution in [2.24, 2.45) is 0 Å². The van der Waals surface area contributed by atoms with Crippen molar-refractivity contribution in [3.05, 3.63) is 0 Å². The molecule has 1 unspecified atom stereocenters. The second-order valence-electron chi connectivity index (χ2n) is 3.53. The predicted molar refractivity (Wildman–Crippen MR) is 70.0 cm³/mol. The molecule has 5 heteroatoms.